The van der Waals surface area contributed by atoms with Crippen molar-refractivity contribution in [2.24, 2.45) is 5.14 Å². The van der Waals surface area contributed by atoms with Gasteiger partial charge in [-0.05, 0) is 12.1 Å². The Kier molecular flexibility index (Phi) is 2.17. The number of amides is 1. The lowest BCUT2D eigenvalue weighted by Gasteiger charge is -2.14. The highest BCUT2D eigenvalue weighted by atomic mass is 32.2. The lowest BCUT2D eigenvalue weighted by Crippen LogP contribution is -2.21. The SMILES string of the molecule is CN1C(=O)c2cccc3c(S(N)(=O)=O)cc(N)c1c23. The molecule has 1 aliphatic rings. The summed E-state index contributed by atoms with van der Waals surface area (Å²) < 4.78 is 23.3. The first kappa shape index (κ1) is 11.9. The van der Waals surface area contributed by atoms with E-state index in [9.17, 15) is 13.2 Å². The molecule has 0 unspecified atom stereocenters. The van der Waals surface area contributed by atoms with Crippen LogP contribution in [0.5, 0.6) is 0 Å². The summed E-state index contributed by atoms with van der Waals surface area (Å²) in [4.78, 5) is 13.4. The topological polar surface area (TPSA) is 106 Å². The van der Waals surface area contributed by atoms with Gasteiger partial charge in [0.15, 0.2) is 0 Å². The van der Waals surface area contributed by atoms with Crippen LogP contribution in [0.2, 0.25) is 0 Å². The molecular weight excluding hydrogens is 266 g/mol. The summed E-state index contributed by atoms with van der Waals surface area (Å²) in [7, 11) is -2.30. The maximum absolute atomic E-state index is 12.1. The van der Waals surface area contributed by atoms with Gasteiger partial charge in [0.1, 0.15) is 0 Å². The minimum absolute atomic E-state index is 0.0614. The summed E-state index contributed by atoms with van der Waals surface area (Å²) in [5.74, 6) is -0.209. The molecule has 0 fully saturated rings. The third kappa shape index (κ3) is 1.45. The highest BCUT2D eigenvalue weighted by Crippen LogP contribution is 2.43. The lowest BCUT2D eigenvalue weighted by molar-refractivity contribution is 0.0999. The molecule has 0 saturated carbocycles. The highest BCUT2D eigenvalue weighted by Gasteiger charge is 2.31. The summed E-state index contributed by atoms with van der Waals surface area (Å²) >= 11 is 0. The maximum atomic E-state index is 12.1. The predicted molar refractivity (Wildman–Crippen MR) is 72.5 cm³/mol. The molecule has 6 nitrogen and oxygen atoms in total. The van der Waals surface area contributed by atoms with Crippen LogP contribution in [0.1, 0.15) is 10.4 Å². The van der Waals surface area contributed by atoms with Crippen molar-refractivity contribution < 1.29 is 13.2 Å². The number of hydrogen-bond donors (Lipinski definition) is 2. The number of sulfonamides is 1. The molecule has 2 aromatic rings. The number of benzene rings is 2. The Morgan fingerprint density at radius 1 is 1.26 bits per heavy atom. The van der Waals surface area contributed by atoms with Gasteiger partial charge in [-0.1, -0.05) is 12.1 Å². The van der Waals surface area contributed by atoms with Crippen molar-refractivity contribution in [3.05, 3.63) is 29.8 Å². The third-order valence-electron chi connectivity index (χ3n) is 3.30. The predicted octanol–water partition coefficient (Wildman–Crippen LogP) is 0.659. The van der Waals surface area contributed by atoms with E-state index >= 15 is 0 Å². The second-order valence-electron chi connectivity index (χ2n) is 4.45. The number of rotatable bonds is 1. The van der Waals surface area contributed by atoms with E-state index in [2.05, 4.69) is 0 Å². The van der Waals surface area contributed by atoms with E-state index in [0.29, 0.717) is 22.0 Å². The second-order valence-corrected chi connectivity index (χ2v) is 5.98. The van der Waals surface area contributed by atoms with Crippen molar-refractivity contribution in [1.82, 2.24) is 0 Å². The van der Waals surface area contributed by atoms with Crippen molar-refractivity contribution >= 4 is 38.1 Å². The van der Waals surface area contributed by atoms with E-state index in [4.69, 9.17) is 10.9 Å². The largest absolute Gasteiger partial charge is 0.397 e. The summed E-state index contributed by atoms with van der Waals surface area (Å²) in [5, 5.41) is 6.16. The van der Waals surface area contributed by atoms with Gasteiger partial charge >= 0.3 is 0 Å². The zero-order valence-corrected chi connectivity index (χ0v) is 10.9. The van der Waals surface area contributed by atoms with Crippen molar-refractivity contribution in [2.45, 2.75) is 4.90 Å². The molecule has 2 aromatic carbocycles. The number of carbonyl (C=O) groups is 1. The van der Waals surface area contributed by atoms with Gasteiger partial charge in [-0.3, -0.25) is 4.79 Å². The molecule has 0 aromatic heterocycles. The average Bonchev–Trinajstić information content (AvgIpc) is 2.58. The van der Waals surface area contributed by atoms with Gasteiger partial charge in [-0.25, -0.2) is 13.6 Å². The Morgan fingerprint density at radius 3 is 2.58 bits per heavy atom. The molecule has 19 heavy (non-hydrogen) atoms. The molecule has 0 atom stereocenters. The fraction of sp³-hybridized carbons (Fsp3) is 0.0833. The molecule has 0 saturated heterocycles. The van der Waals surface area contributed by atoms with Crippen molar-refractivity contribution in [1.29, 1.82) is 0 Å². The monoisotopic (exact) mass is 277 g/mol. The van der Waals surface area contributed by atoms with Crippen LogP contribution in [0.4, 0.5) is 11.4 Å². The first-order valence-corrected chi connectivity index (χ1v) is 7.03. The Labute approximate surface area is 109 Å². The summed E-state index contributed by atoms with van der Waals surface area (Å²) in [5.41, 5.74) is 7.05. The fourth-order valence-corrected chi connectivity index (χ4v) is 3.27. The van der Waals surface area contributed by atoms with Crippen molar-refractivity contribution in [3.8, 4) is 0 Å². The minimum atomic E-state index is -3.90. The Hall–Kier alpha value is -2.12. The molecule has 0 aliphatic carbocycles. The van der Waals surface area contributed by atoms with Crippen LogP contribution in [0, 0.1) is 0 Å². The van der Waals surface area contributed by atoms with E-state index in [1.165, 1.54) is 11.0 Å². The number of primary sulfonamides is 1. The standard InChI is InChI=1S/C12H11N3O3S/c1-15-11-8(13)5-9(19(14,17)18)6-3-2-4-7(10(6)11)12(15)16/h2-5H,13H2,1H3,(H2,14,17,18). The molecular formula is C12H11N3O3S. The molecule has 1 heterocycles. The molecule has 4 N–H and O–H groups in total. The van der Waals surface area contributed by atoms with Crippen LogP contribution in [-0.2, 0) is 10.0 Å². The van der Waals surface area contributed by atoms with Crippen molar-refractivity contribution in [2.75, 3.05) is 17.7 Å². The molecule has 98 valence electrons. The van der Waals surface area contributed by atoms with E-state index in [0.717, 1.165) is 0 Å². The van der Waals surface area contributed by atoms with Gasteiger partial charge < -0.3 is 10.6 Å². The Morgan fingerprint density at radius 2 is 1.95 bits per heavy atom. The average molecular weight is 277 g/mol. The third-order valence-corrected chi connectivity index (χ3v) is 4.25. The molecule has 1 amide bonds. The van der Waals surface area contributed by atoms with Gasteiger partial charge in [0.2, 0.25) is 10.0 Å². The van der Waals surface area contributed by atoms with E-state index < -0.39 is 10.0 Å². The van der Waals surface area contributed by atoms with Crippen molar-refractivity contribution in [3.63, 3.8) is 0 Å². The molecule has 0 bridgehead atoms. The molecule has 3 rings (SSSR count). The van der Waals surface area contributed by atoms with E-state index in [1.807, 2.05) is 0 Å². The summed E-state index contributed by atoms with van der Waals surface area (Å²) in [6.07, 6.45) is 0. The zero-order chi connectivity index (χ0) is 13.9. The fourth-order valence-electron chi connectivity index (χ4n) is 2.50. The van der Waals surface area contributed by atoms with Gasteiger partial charge in [0.25, 0.3) is 5.91 Å². The maximum Gasteiger partial charge on any atom is 0.258 e. The molecule has 0 spiro atoms. The number of nitrogens with zero attached hydrogens (tertiary/aromatic N) is 1. The first-order chi connectivity index (χ1) is 8.82. The zero-order valence-electron chi connectivity index (χ0n) is 10.0. The minimum Gasteiger partial charge on any atom is -0.397 e. The first-order valence-electron chi connectivity index (χ1n) is 5.48. The number of carbonyl (C=O) groups excluding carboxylic acids is 1. The number of nitrogens with two attached hydrogens (primary N) is 2. The number of nitrogen functional groups attached to an aromatic ring is 1. The van der Waals surface area contributed by atoms with E-state index in [-0.39, 0.29) is 16.5 Å². The quantitative estimate of drug-likeness (QED) is 0.746. The second kappa shape index (κ2) is 3.46. The van der Waals surface area contributed by atoms with Crippen LogP contribution >= 0.6 is 0 Å². The van der Waals surface area contributed by atoms with Crippen LogP contribution < -0.4 is 15.8 Å². The number of anilines is 2. The van der Waals surface area contributed by atoms with Gasteiger partial charge in [0.05, 0.1) is 16.3 Å². The summed E-state index contributed by atoms with van der Waals surface area (Å²) in [6, 6.07) is 6.19. The van der Waals surface area contributed by atoms with Crippen LogP contribution in [0.15, 0.2) is 29.2 Å². The highest BCUT2D eigenvalue weighted by molar-refractivity contribution is 7.89. The lowest BCUT2D eigenvalue weighted by atomic mass is 10.0. The molecule has 0 radical (unpaired) electrons. The smallest absolute Gasteiger partial charge is 0.258 e. The van der Waals surface area contributed by atoms with Gasteiger partial charge in [0, 0.05) is 23.4 Å². The number of hydrogen-bond acceptors (Lipinski definition) is 4. The normalized spacial score (nSPS) is 14.4. The molecule has 7 heteroatoms. The van der Waals surface area contributed by atoms with Gasteiger partial charge in [-0.2, -0.15) is 0 Å². The van der Waals surface area contributed by atoms with Gasteiger partial charge in [-0.15, -0.1) is 0 Å². The molecule has 1 aliphatic heterocycles. The Bertz CT molecular complexity index is 843. The summed E-state index contributed by atoms with van der Waals surface area (Å²) in [6.45, 7) is 0. The van der Waals surface area contributed by atoms with Crippen LogP contribution in [0.25, 0.3) is 10.8 Å². The van der Waals surface area contributed by atoms with Crippen LogP contribution in [-0.4, -0.2) is 21.4 Å². The van der Waals surface area contributed by atoms with E-state index in [1.54, 1.807) is 25.2 Å². The Balaban J connectivity index is 2.60. The van der Waals surface area contributed by atoms with Crippen LogP contribution in [0.3, 0.4) is 0 Å².